The van der Waals surface area contributed by atoms with E-state index in [-0.39, 0.29) is 5.82 Å². The molecule has 1 aromatic heterocycles. The lowest BCUT2D eigenvalue weighted by Gasteiger charge is -2.13. The molecule has 17 heavy (non-hydrogen) atoms. The third-order valence-electron chi connectivity index (χ3n) is 2.76. The first-order valence-corrected chi connectivity index (χ1v) is 5.41. The largest absolute Gasteiger partial charge is 0.382 e. The minimum absolute atomic E-state index is 0.300. The van der Waals surface area contributed by atoms with Crippen LogP contribution < -0.4 is 0 Å². The Morgan fingerprint density at radius 3 is 2.59 bits per heavy atom. The van der Waals surface area contributed by atoms with Gasteiger partial charge in [0.1, 0.15) is 11.9 Å². The molecule has 2 aromatic rings. The van der Waals surface area contributed by atoms with Gasteiger partial charge in [-0.25, -0.2) is 9.37 Å². The topological polar surface area (TPSA) is 38.0 Å². The summed E-state index contributed by atoms with van der Waals surface area (Å²) in [5.41, 5.74) is 2.34. The molecule has 0 amide bonds. The number of aromatic nitrogens is 2. The molecule has 0 radical (unpaired) electrons. The SMILES string of the molecule is Cc1cc(C)c(C(O)c2cn(C)cn2)c(F)c1. The van der Waals surface area contributed by atoms with Crippen LogP contribution in [0.2, 0.25) is 0 Å². The molecule has 0 aliphatic heterocycles. The van der Waals surface area contributed by atoms with E-state index in [2.05, 4.69) is 4.98 Å². The van der Waals surface area contributed by atoms with Crippen molar-refractivity contribution in [1.29, 1.82) is 0 Å². The van der Waals surface area contributed by atoms with Crippen LogP contribution in [0.1, 0.15) is 28.5 Å². The molecule has 2 rings (SSSR count). The summed E-state index contributed by atoms with van der Waals surface area (Å²) in [7, 11) is 1.81. The highest BCUT2D eigenvalue weighted by atomic mass is 19.1. The number of aryl methyl sites for hydroxylation is 3. The molecule has 0 aliphatic carbocycles. The summed E-state index contributed by atoms with van der Waals surface area (Å²) in [5.74, 6) is -0.388. The lowest BCUT2D eigenvalue weighted by Crippen LogP contribution is -2.06. The van der Waals surface area contributed by atoms with Gasteiger partial charge in [-0.3, -0.25) is 0 Å². The summed E-state index contributed by atoms with van der Waals surface area (Å²) in [6, 6.07) is 3.28. The Morgan fingerprint density at radius 1 is 1.35 bits per heavy atom. The van der Waals surface area contributed by atoms with E-state index in [0.717, 1.165) is 11.1 Å². The summed E-state index contributed by atoms with van der Waals surface area (Å²) in [4.78, 5) is 4.04. The standard InChI is InChI=1S/C13H15FN2O/c1-8-4-9(2)12(10(14)5-8)13(17)11-6-16(3)7-15-11/h4-7,13,17H,1-3H3. The summed E-state index contributed by atoms with van der Waals surface area (Å²) in [5, 5.41) is 10.1. The Kier molecular flexibility index (Phi) is 2.98. The minimum atomic E-state index is -1.02. The van der Waals surface area contributed by atoms with Gasteiger partial charge in [0, 0.05) is 18.8 Å². The second kappa shape index (κ2) is 4.30. The average molecular weight is 234 g/mol. The van der Waals surface area contributed by atoms with Crippen LogP contribution in [0.25, 0.3) is 0 Å². The van der Waals surface area contributed by atoms with Crippen LogP contribution in [0.4, 0.5) is 4.39 Å². The summed E-state index contributed by atoms with van der Waals surface area (Å²) in [6.07, 6.45) is 2.25. The fourth-order valence-electron chi connectivity index (χ4n) is 2.00. The highest BCUT2D eigenvalue weighted by molar-refractivity contribution is 5.36. The number of halogens is 1. The highest BCUT2D eigenvalue weighted by Crippen LogP contribution is 2.27. The van der Waals surface area contributed by atoms with Crippen LogP contribution in [0.3, 0.4) is 0 Å². The zero-order chi connectivity index (χ0) is 12.6. The fourth-order valence-corrected chi connectivity index (χ4v) is 2.00. The first kappa shape index (κ1) is 11.8. The van der Waals surface area contributed by atoms with Crippen molar-refractivity contribution in [3.63, 3.8) is 0 Å². The third kappa shape index (κ3) is 2.22. The van der Waals surface area contributed by atoms with E-state index in [1.807, 2.05) is 20.0 Å². The first-order valence-electron chi connectivity index (χ1n) is 5.41. The maximum atomic E-state index is 13.9. The molecule has 1 heterocycles. The van der Waals surface area contributed by atoms with E-state index in [0.29, 0.717) is 11.3 Å². The lowest BCUT2D eigenvalue weighted by molar-refractivity contribution is 0.209. The van der Waals surface area contributed by atoms with Gasteiger partial charge in [-0.2, -0.15) is 0 Å². The number of hydrogen-bond donors (Lipinski definition) is 1. The van der Waals surface area contributed by atoms with Crippen LogP contribution >= 0.6 is 0 Å². The summed E-state index contributed by atoms with van der Waals surface area (Å²) >= 11 is 0. The quantitative estimate of drug-likeness (QED) is 0.865. The van der Waals surface area contributed by atoms with Crippen LogP contribution in [0, 0.1) is 19.7 Å². The van der Waals surface area contributed by atoms with E-state index in [1.54, 1.807) is 24.0 Å². The van der Waals surface area contributed by atoms with Gasteiger partial charge in [0.15, 0.2) is 0 Å². The fraction of sp³-hybridized carbons (Fsp3) is 0.308. The van der Waals surface area contributed by atoms with E-state index in [9.17, 15) is 9.50 Å². The van der Waals surface area contributed by atoms with Gasteiger partial charge in [-0.15, -0.1) is 0 Å². The molecule has 0 aliphatic rings. The first-order chi connectivity index (χ1) is 7.99. The molecule has 0 fully saturated rings. The van der Waals surface area contributed by atoms with Crippen molar-refractivity contribution < 1.29 is 9.50 Å². The number of nitrogens with zero attached hydrogens (tertiary/aromatic N) is 2. The van der Waals surface area contributed by atoms with Crippen LogP contribution in [-0.4, -0.2) is 14.7 Å². The second-order valence-electron chi connectivity index (χ2n) is 4.34. The molecule has 3 nitrogen and oxygen atoms in total. The second-order valence-corrected chi connectivity index (χ2v) is 4.34. The van der Waals surface area contributed by atoms with Gasteiger partial charge < -0.3 is 9.67 Å². The maximum absolute atomic E-state index is 13.9. The number of imidazole rings is 1. The molecule has 1 unspecified atom stereocenters. The zero-order valence-electron chi connectivity index (χ0n) is 10.1. The van der Waals surface area contributed by atoms with Crippen molar-refractivity contribution in [2.24, 2.45) is 7.05 Å². The lowest BCUT2D eigenvalue weighted by atomic mass is 9.99. The number of rotatable bonds is 2. The highest BCUT2D eigenvalue weighted by Gasteiger charge is 2.19. The monoisotopic (exact) mass is 234 g/mol. The van der Waals surface area contributed by atoms with E-state index < -0.39 is 6.10 Å². The third-order valence-corrected chi connectivity index (χ3v) is 2.76. The number of hydrogen-bond acceptors (Lipinski definition) is 2. The number of aliphatic hydroxyl groups excluding tert-OH is 1. The van der Waals surface area contributed by atoms with Crippen LogP contribution in [-0.2, 0) is 7.05 Å². The summed E-state index contributed by atoms with van der Waals surface area (Å²) in [6.45, 7) is 3.62. The molecule has 0 bridgehead atoms. The normalized spacial score (nSPS) is 12.8. The van der Waals surface area contributed by atoms with Crippen LogP contribution in [0.15, 0.2) is 24.7 Å². The van der Waals surface area contributed by atoms with E-state index >= 15 is 0 Å². The number of aliphatic hydroxyl groups is 1. The predicted octanol–water partition coefficient (Wildman–Crippen LogP) is 2.26. The molecule has 90 valence electrons. The Morgan fingerprint density at radius 2 is 2.06 bits per heavy atom. The van der Waals surface area contributed by atoms with Crippen molar-refractivity contribution >= 4 is 0 Å². The van der Waals surface area contributed by atoms with Gasteiger partial charge in [0.25, 0.3) is 0 Å². The van der Waals surface area contributed by atoms with Gasteiger partial charge in [-0.05, 0) is 31.0 Å². The molecular formula is C13H15FN2O. The predicted molar refractivity (Wildman–Crippen MR) is 63.1 cm³/mol. The van der Waals surface area contributed by atoms with Gasteiger partial charge in [-0.1, -0.05) is 6.07 Å². The van der Waals surface area contributed by atoms with Crippen molar-refractivity contribution in [2.75, 3.05) is 0 Å². The molecular weight excluding hydrogens is 219 g/mol. The Hall–Kier alpha value is -1.68. The molecule has 0 spiro atoms. The summed E-state index contributed by atoms with van der Waals surface area (Å²) < 4.78 is 15.6. The molecule has 4 heteroatoms. The molecule has 0 saturated carbocycles. The average Bonchev–Trinajstić information content (AvgIpc) is 2.63. The Labute approximate surface area is 99.5 Å². The van der Waals surface area contributed by atoms with Crippen molar-refractivity contribution in [2.45, 2.75) is 20.0 Å². The van der Waals surface area contributed by atoms with E-state index in [1.165, 1.54) is 6.07 Å². The zero-order valence-corrected chi connectivity index (χ0v) is 10.1. The molecule has 0 saturated heterocycles. The molecule has 1 atom stereocenters. The number of benzene rings is 1. The maximum Gasteiger partial charge on any atom is 0.129 e. The minimum Gasteiger partial charge on any atom is -0.382 e. The van der Waals surface area contributed by atoms with E-state index in [4.69, 9.17) is 0 Å². The van der Waals surface area contributed by atoms with Crippen LogP contribution in [0.5, 0.6) is 0 Å². The molecule has 1 N–H and O–H groups in total. The van der Waals surface area contributed by atoms with Crippen molar-refractivity contribution in [3.8, 4) is 0 Å². The van der Waals surface area contributed by atoms with Gasteiger partial charge in [0.2, 0.25) is 0 Å². The molecule has 1 aromatic carbocycles. The Bertz CT molecular complexity index is 525. The van der Waals surface area contributed by atoms with Crippen molar-refractivity contribution in [3.05, 3.63) is 52.9 Å². The van der Waals surface area contributed by atoms with Crippen molar-refractivity contribution in [1.82, 2.24) is 9.55 Å². The Balaban J connectivity index is 2.47. The van der Waals surface area contributed by atoms with Gasteiger partial charge >= 0.3 is 0 Å². The smallest absolute Gasteiger partial charge is 0.129 e. The van der Waals surface area contributed by atoms with Gasteiger partial charge in [0.05, 0.1) is 12.0 Å².